The minimum absolute atomic E-state index is 0.369. The van der Waals surface area contributed by atoms with Crippen molar-refractivity contribution in [2.45, 2.75) is 0 Å². The van der Waals surface area contributed by atoms with Gasteiger partial charge in [-0.3, -0.25) is 4.79 Å². The Kier molecular flexibility index (Phi) is 3.36. The molecule has 0 saturated heterocycles. The number of carbonyl (C=O) groups is 1. The Morgan fingerprint density at radius 3 is 2.67 bits per heavy atom. The lowest BCUT2D eigenvalue weighted by molar-refractivity contribution is 0.112. The summed E-state index contributed by atoms with van der Waals surface area (Å²) in [5.41, 5.74) is 2.07. The molecule has 3 rings (SSSR count). The summed E-state index contributed by atoms with van der Waals surface area (Å²) < 4.78 is 18.7. The van der Waals surface area contributed by atoms with Gasteiger partial charge < -0.3 is 4.74 Å². The van der Waals surface area contributed by atoms with E-state index in [4.69, 9.17) is 4.74 Å². The SMILES string of the molecule is COc1cccc2cc(C=O)c(-c3cccc(F)c3)nc12. The van der Waals surface area contributed by atoms with Gasteiger partial charge in [-0.2, -0.15) is 0 Å². The van der Waals surface area contributed by atoms with Gasteiger partial charge in [0.05, 0.1) is 12.8 Å². The first kappa shape index (κ1) is 13.2. The molecule has 4 heteroatoms. The summed E-state index contributed by atoms with van der Waals surface area (Å²) in [6.07, 6.45) is 0.728. The van der Waals surface area contributed by atoms with Gasteiger partial charge in [-0.1, -0.05) is 24.3 Å². The molecule has 2 aromatic carbocycles. The number of rotatable bonds is 3. The first-order chi connectivity index (χ1) is 10.2. The zero-order valence-electron chi connectivity index (χ0n) is 11.3. The second-order valence-corrected chi connectivity index (χ2v) is 4.59. The summed E-state index contributed by atoms with van der Waals surface area (Å²) in [4.78, 5) is 15.8. The van der Waals surface area contributed by atoms with Crippen molar-refractivity contribution in [3.63, 3.8) is 0 Å². The molecule has 0 aliphatic rings. The van der Waals surface area contributed by atoms with Crippen LogP contribution < -0.4 is 4.74 Å². The van der Waals surface area contributed by atoms with Gasteiger partial charge in [0.1, 0.15) is 17.1 Å². The molecule has 3 aromatic rings. The highest BCUT2D eigenvalue weighted by molar-refractivity contribution is 5.95. The van der Waals surface area contributed by atoms with Crippen molar-refractivity contribution < 1.29 is 13.9 Å². The van der Waals surface area contributed by atoms with Crippen molar-refractivity contribution in [3.8, 4) is 17.0 Å². The van der Waals surface area contributed by atoms with Crippen molar-refractivity contribution >= 4 is 17.2 Å². The Balaban J connectivity index is 2.33. The summed E-state index contributed by atoms with van der Waals surface area (Å²) >= 11 is 0. The summed E-state index contributed by atoms with van der Waals surface area (Å²) in [5, 5.41) is 0.802. The van der Waals surface area contributed by atoms with E-state index >= 15 is 0 Å². The zero-order valence-corrected chi connectivity index (χ0v) is 11.3. The predicted octanol–water partition coefficient (Wildman–Crippen LogP) is 3.86. The smallest absolute Gasteiger partial charge is 0.152 e. The fraction of sp³-hybridized carbons (Fsp3) is 0.0588. The standard InChI is InChI=1S/C17H12FNO2/c1-21-15-7-3-5-11-8-13(10-20)16(19-17(11)15)12-4-2-6-14(18)9-12/h2-10H,1H3. The van der Waals surface area contributed by atoms with Crippen LogP contribution >= 0.6 is 0 Å². The number of pyridine rings is 1. The number of fused-ring (bicyclic) bond motifs is 1. The number of hydrogen-bond donors (Lipinski definition) is 0. The molecule has 0 radical (unpaired) electrons. The molecule has 3 nitrogen and oxygen atoms in total. The largest absolute Gasteiger partial charge is 0.494 e. The Morgan fingerprint density at radius 2 is 1.95 bits per heavy atom. The van der Waals surface area contributed by atoms with Crippen molar-refractivity contribution in [1.29, 1.82) is 0 Å². The van der Waals surface area contributed by atoms with Crippen LogP contribution in [-0.2, 0) is 0 Å². The van der Waals surface area contributed by atoms with E-state index in [-0.39, 0.29) is 5.82 Å². The van der Waals surface area contributed by atoms with E-state index in [0.29, 0.717) is 28.1 Å². The van der Waals surface area contributed by atoms with Gasteiger partial charge in [-0.25, -0.2) is 9.37 Å². The minimum atomic E-state index is -0.369. The van der Waals surface area contributed by atoms with Gasteiger partial charge in [0.25, 0.3) is 0 Å². The van der Waals surface area contributed by atoms with Crippen LogP contribution in [0.25, 0.3) is 22.2 Å². The van der Waals surface area contributed by atoms with E-state index in [9.17, 15) is 9.18 Å². The lowest BCUT2D eigenvalue weighted by atomic mass is 10.0. The maximum atomic E-state index is 13.4. The van der Waals surface area contributed by atoms with Crippen molar-refractivity contribution in [2.24, 2.45) is 0 Å². The number of aromatic nitrogens is 1. The summed E-state index contributed by atoms with van der Waals surface area (Å²) in [7, 11) is 1.56. The number of halogens is 1. The number of benzene rings is 2. The Bertz CT molecular complexity index is 830. The second kappa shape index (κ2) is 5.32. The van der Waals surface area contributed by atoms with Crippen LogP contribution in [0, 0.1) is 5.82 Å². The van der Waals surface area contributed by atoms with Crippen LogP contribution in [0.4, 0.5) is 4.39 Å². The maximum Gasteiger partial charge on any atom is 0.152 e. The van der Waals surface area contributed by atoms with Crippen molar-refractivity contribution in [2.75, 3.05) is 7.11 Å². The molecule has 1 aromatic heterocycles. The van der Waals surface area contributed by atoms with E-state index in [1.54, 1.807) is 31.4 Å². The highest BCUT2D eigenvalue weighted by Gasteiger charge is 2.12. The highest BCUT2D eigenvalue weighted by Crippen LogP contribution is 2.29. The van der Waals surface area contributed by atoms with Crippen LogP contribution in [-0.4, -0.2) is 18.4 Å². The lowest BCUT2D eigenvalue weighted by Gasteiger charge is -2.09. The highest BCUT2D eigenvalue weighted by atomic mass is 19.1. The molecule has 1 heterocycles. The summed E-state index contributed by atoms with van der Waals surface area (Å²) in [6, 6.07) is 13.2. The quantitative estimate of drug-likeness (QED) is 0.684. The normalized spacial score (nSPS) is 10.6. The number of para-hydroxylation sites is 1. The molecule has 0 aliphatic heterocycles. The Labute approximate surface area is 121 Å². The molecule has 0 aliphatic carbocycles. The number of nitrogens with zero attached hydrogens (tertiary/aromatic N) is 1. The van der Waals surface area contributed by atoms with Crippen molar-refractivity contribution in [1.82, 2.24) is 4.98 Å². The van der Waals surface area contributed by atoms with E-state index in [1.807, 2.05) is 12.1 Å². The van der Waals surface area contributed by atoms with Gasteiger partial charge in [0.2, 0.25) is 0 Å². The molecular formula is C17H12FNO2. The van der Waals surface area contributed by atoms with Crippen LogP contribution in [0.2, 0.25) is 0 Å². The monoisotopic (exact) mass is 281 g/mol. The van der Waals surface area contributed by atoms with E-state index < -0.39 is 0 Å². The average molecular weight is 281 g/mol. The lowest BCUT2D eigenvalue weighted by Crippen LogP contribution is -1.95. The second-order valence-electron chi connectivity index (χ2n) is 4.59. The first-order valence-corrected chi connectivity index (χ1v) is 6.42. The number of hydrogen-bond acceptors (Lipinski definition) is 3. The molecule has 0 amide bonds. The molecule has 104 valence electrons. The molecule has 0 fully saturated rings. The van der Waals surface area contributed by atoms with Crippen LogP contribution in [0.15, 0.2) is 48.5 Å². The minimum Gasteiger partial charge on any atom is -0.494 e. The summed E-state index contributed by atoms with van der Waals surface area (Å²) in [5.74, 6) is 0.244. The van der Waals surface area contributed by atoms with Crippen LogP contribution in [0.3, 0.4) is 0 Å². The van der Waals surface area contributed by atoms with Gasteiger partial charge in [0, 0.05) is 16.5 Å². The zero-order chi connectivity index (χ0) is 14.8. The van der Waals surface area contributed by atoms with Gasteiger partial charge >= 0.3 is 0 Å². The molecular weight excluding hydrogens is 269 g/mol. The fourth-order valence-corrected chi connectivity index (χ4v) is 2.31. The van der Waals surface area contributed by atoms with E-state index in [1.165, 1.54) is 12.1 Å². The van der Waals surface area contributed by atoms with E-state index in [2.05, 4.69) is 4.98 Å². The number of ether oxygens (including phenoxy) is 1. The predicted molar refractivity (Wildman–Crippen MR) is 79.1 cm³/mol. The molecule has 21 heavy (non-hydrogen) atoms. The molecule has 0 unspecified atom stereocenters. The molecule has 0 saturated carbocycles. The van der Waals surface area contributed by atoms with Gasteiger partial charge in [0.15, 0.2) is 6.29 Å². The van der Waals surface area contributed by atoms with Crippen molar-refractivity contribution in [3.05, 3.63) is 59.9 Å². The number of methoxy groups -OCH3 is 1. The molecule has 0 bridgehead atoms. The van der Waals surface area contributed by atoms with Gasteiger partial charge in [-0.15, -0.1) is 0 Å². The average Bonchev–Trinajstić information content (AvgIpc) is 2.52. The first-order valence-electron chi connectivity index (χ1n) is 6.42. The number of aldehydes is 1. The third kappa shape index (κ3) is 2.36. The summed E-state index contributed by atoms with van der Waals surface area (Å²) in [6.45, 7) is 0. The topological polar surface area (TPSA) is 39.2 Å². The molecule has 0 atom stereocenters. The Hall–Kier alpha value is -2.75. The maximum absolute atomic E-state index is 13.4. The number of carbonyl (C=O) groups excluding carboxylic acids is 1. The molecule has 0 spiro atoms. The Morgan fingerprint density at radius 1 is 1.14 bits per heavy atom. The van der Waals surface area contributed by atoms with Gasteiger partial charge in [-0.05, 0) is 24.3 Å². The fourth-order valence-electron chi connectivity index (χ4n) is 2.31. The third-order valence-corrected chi connectivity index (χ3v) is 3.28. The van der Waals surface area contributed by atoms with Crippen LogP contribution in [0.1, 0.15) is 10.4 Å². The third-order valence-electron chi connectivity index (χ3n) is 3.28. The molecule has 0 N–H and O–H groups in total. The van der Waals surface area contributed by atoms with Crippen LogP contribution in [0.5, 0.6) is 5.75 Å². The van der Waals surface area contributed by atoms with E-state index in [0.717, 1.165) is 11.7 Å².